The van der Waals surface area contributed by atoms with Crippen LogP contribution in [0.1, 0.15) is 22.1 Å². The van der Waals surface area contributed by atoms with E-state index in [1.54, 1.807) is 21.9 Å². The lowest BCUT2D eigenvalue weighted by Gasteiger charge is -2.29. The van der Waals surface area contributed by atoms with Crippen LogP contribution in [0.5, 0.6) is 0 Å². The van der Waals surface area contributed by atoms with Crippen LogP contribution < -0.4 is 9.80 Å². The van der Waals surface area contributed by atoms with Crippen molar-refractivity contribution >= 4 is 66.4 Å². The molecule has 0 unspecified atom stereocenters. The van der Waals surface area contributed by atoms with Crippen molar-refractivity contribution in [1.82, 2.24) is 0 Å². The van der Waals surface area contributed by atoms with Gasteiger partial charge in [0.15, 0.2) is 0 Å². The summed E-state index contributed by atoms with van der Waals surface area (Å²) in [5.74, 6) is -2.47. The van der Waals surface area contributed by atoms with Crippen LogP contribution in [0.25, 0.3) is 32.3 Å². The molecule has 0 aromatic heterocycles. The van der Waals surface area contributed by atoms with Gasteiger partial charge in [-0.2, -0.15) is 0 Å². The summed E-state index contributed by atoms with van der Waals surface area (Å²) in [5.41, 5.74) is 3.66. The van der Waals surface area contributed by atoms with Crippen LogP contribution in [0.3, 0.4) is 0 Å². The second-order valence-electron chi connectivity index (χ2n) is 11.3. The van der Waals surface area contributed by atoms with Crippen LogP contribution in [0.4, 0.5) is 42.9 Å². The zero-order valence-electron chi connectivity index (χ0n) is 32.9. The van der Waals surface area contributed by atoms with Gasteiger partial charge in [-0.15, -0.1) is 0 Å². The van der Waals surface area contributed by atoms with Gasteiger partial charge in [-0.3, -0.25) is 0 Å². The fraction of sp³-hybridized carbons (Fsp3) is 0.0476. The molecule has 8 aromatic rings. The van der Waals surface area contributed by atoms with Crippen molar-refractivity contribution in [2.75, 3.05) is 9.80 Å². The van der Waals surface area contributed by atoms with Crippen molar-refractivity contribution in [3.63, 3.8) is 0 Å². The highest BCUT2D eigenvalue weighted by atomic mass is 19.1. The summed E-state index contributed by atoms with van der Waals surface area (Å²) < 4.78 is 98.5. The molecule has 0 spiro atoms. The summed E-state index contributed by atoms with van der Waals surface area (Å²) in [4.78, 5) is 3.25. The van der Waals surface area contributed by atoms with E-state index in [4.69, 9.17) is 11.0 Å². The van der Waals surface area contributed by atoms with Crippen molar-refractivity contribution in [2.45, 2.75) is 13.8 Å². The SMILES string of the molecule is [2H]c1c([2H])c(N(c2cccc(C)c2)c2ccc3ccc4c(N(c5cccc(C)c5)c5c([2H])c([2H])c(F)c([2H])c5[2H])ccc5ccc2c3c54)c([2H])c([2H])c1F. The van der Waals surface area contributed by atoms with Gasteiger partial charge in [-0.05, 0) is 131 Å². The van der Waals surface area contributed by atoms with Gasteiger partial charge in [0, 0.05) is 33.5 Å². The van der Waals surface area contributed by atoms with Crippen molar-refractivity contribution in [3.8, 4) is 0 Å². The summed E-state index contributed by atoms with van der Waals surface area (Å²) in [6.45, 7) is 3.79. The van der Waals surface area contributed by atoms with E-state index < -0.39 is 60.0 Å². The number of hydrogen-bond acceptors (Lipinski definition) is 2. The minimum atomic E-state index is -1.23. The molecule has 0 bridgehead atoms. The molecular weight excluding hydrogens is 570 g/mol. The third-order valence-electron chi connectivity index (χ3n) is 8.23. The Morgan fingerprint density at radius 2 is 0.848 bits per heavy atom. The van der Waals surface area contributed by atoms with Crippen LogP contribution in [0, 0.1) is 25.5 Å². The number of benzene rings is 8. The zero-order chi connectivity index (χ0) is 38.3. The topological polar surface area (TPSA) is 6.48 Å². The average molecular weight is 609 g/mol. The normalized spacial score (nSPS) is 13.9. The van der Waals surface area contributed by atoms with E-state index in [2.05, 4.69) is 0 Å². The summed E-state index contributed by atoms with van der Waals surface area (Å²) in [6.07, 6.45) is 0. The van der Waals surface area contributed by atoms with E-state index >= 15 is 0 Å². The highest BCUT2D eigenvalue weighted by Crippen LogP contribution is 2.47. The van der Waals surface area contributed by atoms with Crippen molar-refractivity contribution in [3.05, 3.63) is 168 Å². The first kappa shape index (κ1) is 20.3. The molecule has 2 nitrogen and oxygen atoms in total. The Morgan fingerprint density at radius 1 is 0.457 bits per heavy atom. The molecule has 8 aromatic carbocycles. The zero-order valence-corrected chi connectivity index (χ0v) is 24.9. The lowest BCUT2D eigenvalue weighted by Crippen LogP contribution is -2.11. The summed E-state index contributed by atoms with van der Waals surface area (Å²) in [6, 6.07) is 24.6. The standard InChI is InChI=1S/C42H30F2N2/c1-27-5-3-7-35(25-27)45(33-17-13-31(43)14-18-33)39-23-11-29-10-22-38-40(24-12-30-9-21-37(39)41(29)42(30)38)46(34-19-15-32(44)16-20-34)36-8-4-6-28(2)26-36/h3-26H,1-2H3/i13D,14D,15D,16D,17D,18D,19D,20D. The molecule has 0 amide bonds. The Bertz CT molecular complexity index is 2590. The van der Waals surface area contributed by atoms with Crippen LogP contribution >= 0.6 is 0 Å². The number of anilines is 6. The van der Waals surface area contributed by atoms with Gasteiger partial charge < -0.3 is 9.80 Å². The average Bonchev–Trinajstić information content (AvgIpc) is 3.17. The van der Waals surface area contributed by atoms with Gasteiger partial charge >= 0.3 is 0 Å². The number of rotatable bonds is 6. The Labute approximate surface area is 278 Å². The minimum absolute atomic E-state index is 0.113. The molecule has 0 aliphatic rings. The van der Waals surface area contributed by atoms with Crippen LogP contribution in [-0.4, -0.2) is 0 Å². The molecular formula is C42H30F2N2. The Hall–Kier alpha value is -5.74. The minimum Gasteiger partial charge on any atom is -0.310 e. The maximum Gasteiger partial charge on any atom is 0.123 e. The molecule has 0 fully saturated rings. The maximum atomic E-state index is 14.9. The third-order valence-corrected chi connectivity index (χ3v) is 8.23. The van der Waals surface area contributed by atoms with Crippen LogP contribution in [0.15, 0.2) is 145 Å². The van der Waals surface area contributed by atoms with E-state index in [1.807, 2.05) is 98.8 Å². The summed E-state index contributed by atoms with van der Waals surface area (Å²) in [7, 11) is 0. The van der Waals surface area contributed by atoms with E-state index in [0.29, 0.717) is 33.5 Å². The quantitative estimate of drug-likeness (QED) is 0.173. The first-order chi connectivity index (χ1) is 25.8. The predicted molar refractivity (Wildman–Crippen MR) is 189 cm³/mol. The molecule has 0 aliphatic carbocycles. The van der Waals surface area contributed by atoms with Gasteiger partial charge in [0.05, 0.1) is 22.3 Å². The number of aryl methyl sites for hydroxylation is 2. The highest BCUT2D eigenvalue weighted by Gasteiger charge is 2.22. The number of hydrogen-bond donors (Lipinski definition) is 0. The lowest BCUT2D eigenvalue weighted by atomic mass is 9.91. The van der Waals surface area contributed by atoms with Gasteiger partial charge in [0.25, 0.3) is 0 Å². The molecule has 46 heavy (non-hydrogen) atoms. The smallest absolute Gasteiger partial charge is 0.123 e. The molecule has 0 saturated carbocycles. The summed E-state index contributed by atoms with van der Waals surface area (Å²) >= 11 is 0. The number of halogens is 2. The van der Waals surface area contributed by atoms with Crippen molar-refractivity contribution < 1.29 is 19.7 Å². The Morgan fingerprint density at radius 3 is 1.24 bits per heavy atom. The van der Waals surface area contributed by atoms with Crippen LogP contribution in [0.2, 0.25) is 0 Å². The predicted octanol–water partition coefficient (Wildman–Crippen LogP) is 12.4. The molecule has 8 rings (SSSR count). The highest BCUT2D eigenvalue weighted by molar-refractivity contribution is 6.28. The lowest BCUT2D eigenvalue weighted by molar-refractivity contribution is 0.627. The van der Waals surface area contributed by atoms with E-state index in [1.165, 1.54) is 0 Å². The number of nitrogens with zero attached hydrogens (tertiary/aromatic N) is 2. The third kappa shape index (κ3) is 4.70. The molecule has 0 saturated heterocycles. The molecule has 4 heteroatoms. The second kappa shape index (κ2) is 11.0. The fourth-order valence-corrected chi connectivity index (χ4v) is 6.28. The second-order valence-corrected chi connectivity index (χ2v) is 11.3. The van der Waals surface area contributed by atoms with Crippen LogP contribution in [-0.2, 0) is 0 Å². The van der Waals surface area contributed by atoms with Gasteiger partial charge in [-0.1, -0.05) is 60.7 Å². The summed E-state index contributed by atoms with van der Waals surface area (Å²) in [5, 5.41) is 4.67. The van der Waals surface area contributed by atoms with Crippen molar-refractivity contribution in [2.24, 2.45) is 0 Å². The molecule has 0 N–H and O–H groups in total. The Kier molecular flexibility index (Phi) is 4.86. The van der Waals surface area contributed by atoms with Crippen molar-refractivity contribution in [1.29, 1.82) is 0 Å². The van der Waals surface area contributed by atoms with Gasteiger partial charge in [0.2, 0.25) is 0 Å². The first-order valence-corrected chi connectivity index (χ1v) is 14.8. The maximum absolute atomic E-state index is 14.9. The monoisotopic (exact) mass is 608 g/mol. The first-order valence-electron chi connectivity index (χ1n) is 18.8. The van der Waals surface area contributed by atoms with Gasteiger partial charge in [-0.25, -0.2) is 8.78 Å². The molecule has 222 valence electrons. The molecule has 0 heterocycles. The van der Waals surface area contributed by atoms with E-state index in [9.17, 15) is 8.78 Å². The fourth-order valence-electron chi connectivity index (χ4n) is 6.28. The Balaban J connectivity index is 1.47. The largest absolute Gasteiger partial charge is 0.310 e. The van der Waals surface area contributed by atoms with E-state index in [-0.39, 0.29) is 11.4 Å². The molecule has 0 radical (unpaired) electrons. The molecule has 0 aliphatic heterocycles. The van der Waals surface area contributed by atoms with E-state index in [0.717, 1.165) is 32.7 Å². The molecule has 0 atom stereocenters. The van der Waals surface area contributed by atoms with Gasteiger partial charge in [0.1, 0.15) is 11.6 Å².